The minimum Gasteiger partial charge on any atom is -0.492 e. The Bertz CT molecular complexity index is 1450. The van der Waals surface area contributed by atoms with E-state index in [0.29, 0.717) is 27.7 Å². The van der Waals surface area contributed by atoms with Crippen LogP contribution >= 0.6 is 22.9 Å². The van der Waals surface area contributed by atoms with Gasteiger partial charge in [-0.1, -0.05) is 35.1 Å². The van der Waals surface area contributed by atoms with Gasteiger partial charge in [-0.15, -0.1) is 0 Å². The number of aromatic nitrogens is 3. The Labute approximate surface area is 214 Å². The molecule has 188 valence electrons. The smallest absolute Gasteiger partial charge is 0.417 e. The van der Waals surface area contributed by atoms with Crippen LogP contribution in [-0.4, -0.2) is 45.5 Å². The summed E-state index contributed by atoms with van der Waals surface area (Å²) in [4.78, 5) is 6.90. The molecule has 6 nitrogen and oxygen atoms in total. The maximum absolute atomic E-state index is 13.9. The summed E-state index contributed by atoms with van der Waals surface area (Å²) in [5.41, 5.74) is 0.916. The number of hydrogen-bond acceptors (Lipinski definition) is 6. The maximum Gasteiger partial charge on any atom is 0.417 e. The van der Waals surface area contributed by atoms with Gasteiger partial charge < -0.3 is 15.3 Å². The fourth-order valence-electron chi connectivity index (χ4n) is 4.33. The molecule has 2 atom stereocenters. The Hall–Kier alpha value is -3.08. The molecule has 3 heterocycles. The Morgan fingerprint density at radius 2 is 2.03 bits per heavy atom. The highest BCUT2D eigenvalue weighted by molar-refractivity contribution is 7.17. The molecule has 1 aliphatic heterocycles. The molecular weight excluding hydrogens is 511 g/mol. The third kappa shape index (κ3) is 4.80. The molecular formula is C25H23ClF3N5OS. The van der Waals surface area contributed by atoms with Crippen LogP contribution < -0.4 is 10.2 Å². The van der Waals surface area contributed by atoms with Crippen molar-refractivity contribution in [1.82, 2.24) is 20.5 Å². The van der Waals surface area contributed by atoms with Crippen molar-refractivity contribution in [3.63, 3.8) is 0 Å². The van der Waals surface area contributed by atoms with Crippen molar-refractivity contribution in [3.8, 4) is 5.88 Å². The number of benzene rings is 2. The number of H-pyrrole nitrogens is 1. The van der Waals surface area contributed by atoms with Crippen molar-refractivity contribution in [2.24, 2.45) is 0 Å². The van der Waals surface area contributed by atoms with Crippen LogP contribution in [0.5, 0.6) is 5.88 Å². The number of aromatic hydroxyl groups is 1. The van der Waals surface area contributed by atoms with E-state index in [1.54, 1.807) is 18.3 Å². The molecule has 2 unspecified atom stereocenters. The van der Waals surface area contributed by atoms with Gasteiger partial charge in [0.05, 0.1) is 17.3 Å². The lowest BCUT2D eigenvalue weighted by atomic mass is 9.98. The van der Waals surface area contributed by atoms with Gasteiger partial charge in [0.2, 0.25) is 5.88 Å². The van der Waals surface area contributed by atoms with E-state index in [2.05, 4.69) is 39.2 Å². The lowest BCUT2D eigenvalue weighted by Gasteiger charge is -2.37. The standard InChI is InChI=1S/C25H23ClF3N5OS/c1-13-12-34(14(2)10-30-13)24-32-23(35)22(36-24)19(15-4-6-21-17(7-15)11-31-33-21)8-16-3-5-18(26)9-20(16)25(27,28)29/h3-9,11,13-14,30,35H,10,12H2,1-2H3,(H,31,33). The second-order valence-corrected chi connectivity index (χ2v) is 10.3. The van der Waals surface area contributed by atoms with E-state index in [4.69, 9.17) is 11.6 Å². The van der Waals surface area contributed by atoms with Crippen LogP contribution in [0.2, 0.25) is 5.02 Å². The van der Waals surface area contributed by atoms with Crippen LogP contribution in [0, 0.1) is 0 Å². The molecule has 2 aromatic carbocycles. The molecule has 0 radical (unpaired) electrons. The van der Waals surface area contributed by atoms with Crippen LogP contribution in [-0.2, 0) is 6.18 Å². The summed E-state index contributed by atoms with van der Waals surface area (Å²) in [6.07, 6.45) is -1.54. The lowest BCUT2D eigenvalue weighted by molar-refractivity contribution is -0.137. The normalized spacial score (nSPS) is 19.3. The zero-order valence-corrected chi connectivity index (χ0v) is 21.0. The molecule has 1 aliphatic rings. The summed E-state index contributed by atoms with van der Waals surface area (Å²) in [5, 5.41) is 22.6. The van der Waals surface area contributed by atoms with E-state index in [1.807, 2.05) is 6.07 Å². The first-order valence-corrected chi connectivity index (χ1v) is 12.5. The highest BCUT2D eigenvalue weighted by Crippen LogP contribution is 2.43. The van der Waals surface area contributed by atoms with Crippen molar-refractivity contribution < 1.29 is 18.3 Å². The van der Waals surface area contributed by atoms with Gasteiger partial charge >= 0.3 is 6.18 Å². The molecule has 4 aromatic rings. The van der Waals surface area contributed by atoms with Crippen LogP contribution in [0.25, 0.3) is 22.6 Å². The zero-order valence-electron chi connectivity index (χ0n) is 19.4. The summed E-state index contributed by atoms with van der Waals surface area (Å²) >= 11 is 7.15. The van der Waals surface area contributed by atoms with Gasteiger partial charge in [0, 0.05) is 41.2 Å². The Morgan fingerprint density at radius 3 is 2.81 bits per heavy atom. The van der Waals surface area contributed by atoms with E-state index < -0.39 is 11.7 Å². The minimum absolute atomic E-state index is 0.00872. The van der Waals surface area contributed by atoms with Crippen LogP contribution in [0.3, 0.4) is 0 Å². The van der Waals surface area contributed by atoms with E-state index in [-0.39, 0.29) is 28.5 Å². The fraction of sp³-hybridized carbons (Fsp3) is 0.280. The Kier molecular flexibility index (Phi) is 6.44. The molecule has 0 bridgehead atoms. The number of thiazole rings is 1. The topological polar surface area (TPSA) is 77.1 Å². The molecule has 11 heteroatoms. The average Bonchev–Trinajstić information content (AvgIpc) is 3.45. The molecule has 2 aromatic heterocycles. The molecule has 3 N–H and O–H groups in total. The van der Waals surface area contributed by atoms with Gasteiger partial charge in [-0.2, -0.15) is 23.3 Å². The minimum atomic E-state index is -4.61. The fourth-order valence-corrected chi connectivity index (χ4v) is 5.62. The van der Waals surface area contributed by atoms with E-state index in [9.17, 15) is 18.3 Å². The largest absolute Gasteiger partial charge is 0.492 e. The second-order valence-electron chi connectivity index (χ2n) is 8.92. The number of hydrogen-bond donors (Lipinski definition) is 3. The third-order valence-corrected chi connectivity index (χ3v) is 7.57. The molecule has 1 saturated heterocycles. The molecule has 0 aliphatic carbocycles. The first-order valence-electron chi connectivity index (χ1n) is 11.3. The predicted octanol–water partition coefficient (Wildman–Crippen LogP) is 6.17. The van der Waals surface area contributed by atoms with Gasteiger partial charge in [-0.25, -0.2) is 0 Å². The number of rotatable bonds is 4. The molecule has 0 saturated carbocycles. The number of nitrogens with one attached hydrogen (secondary N) is 2. The first kappa shape index (κ1) is 24.6. The second kappa shape index (κ2) is 9.42. The maximum atomic E-state index is 13.9. The predicted molar refractivity (Wildman–Crippen MR) is 138 cm³/mol. The number of anilines is 1. The molecule has 36 heavy (non-hydrogen) atoms. The van der Waals surface area contributed by atoms with Crippen molar-refractivity contribution in [3.05, 3.63) is 69.2 Å². The van der Waals surface area contributed by atoms with E-state index in [1.165, 1.54) is 29.5 Å². The van der Waals surface area contributed by atoms with Crippen molar-refractivity contribution >= 4 is 50.6 Å². The van der Waals surface area contributed by atoms with E-state index >= 15 is 0 Å². The lowest BCUT2D eigenvalue weighted by Crippen LogP contribution is -2.54. The van der Waals surface area contributed by atoms with Gasteiger partial charge in [-0.3, -0.25) is 5.10 Å². The van der Waals surface area contributed by atoms with Crippen molar-refractivity contribution in [2.45, 2.75) is 32.1 Å². The van der Waals surface area contributed by atoms with Crippen LogP contribution in [0.15, 0.2) is 42.6 Å². The van der Waals surface area contributed by atoms with Crippen molar-refractivity contribution in [1.29, 1.82) is 0 Å². The van der Waals surface area contributed by atoms with Gasteiger partial charge in [0.15, 0.2) is 5.13 Å². The highest BCUT2D eigenvalue weighted by Gasteiger charge is 2.34. The molecule has 1 fully saturated rings. The summed E-state index contributed by atoms with van der Waals surface area (Å²) in [5.74, 6) is -0.227. The number of alkyl halides is 3. The number of halogens is 4. The summed E-state index contributed by atoms with van der Waals surface area (Å²) in [6, 6.07) is 9.44. The summed E-state index contributed by atoms with van der Waals surface area (Å²) in [6.45, 7) is 5.58. The van der Waals surface area contributed by atoms with Gasteiger partial charge in [-0.05, 0) is 55.3 Å². The first-order chi connectivity index (χ1) is 17.1. The summed E-state index contributed by atoms with van der Waals surface area (Å²) in [7, 11) is 0. The highest BCUT2D eigenvalue weighted by atomic mass is 35.5. The van der Waals surface area contributed by atoms with Crippen LogP contribution in [0.1, 0.15) is 35.4 Å². The van der Waals surface area contributed by atoms with Gasteiger partial charge in [0.25, 0.3) is 0 Å². The average molecular weight is 534 g/mol. The quantitative estimate of drug-likeness (QED) is 0.273. The van der Waals surface area contributed by atoms with E-state index in [0.717, 1.165) is 23.5 Å². The van der Waals surface area contributed by atoms with Crippen molar-refractivity contribution in [2.75, 3.05) is 18.0 Å². The third-order valence-electron chi connectivity index (χ3n) is 6.22. The SMILES string of the molecule is CC1CN(c2nc(O)c(C(=Cc3ccc(Cl)cc3C(F)(F)F)c3ccc4[nH]ncc4c3)s2)C(C)CN1. The molecule has 0 amide bonds. The summed E-state index contributed by atoms with van der Waals surface area (Å²) < 4.78 is 41.7. The molecule has 5 rings (SSSR count). The number of fused-ring (bicyclic) bond motifs is 1. The Balaban J connectivity index is 1.69. The Morgan fingerprint density at radius 1 is 1.22 bits per heavy atom. The number of aromatic amines is 1. The van der Waals surface area contributed by atoms with Gasteiger partial charge in [0.1, 0.15) is 4.88 Å². The monoisotopic (exact) mass is 533 g/mol. The number of piperazine rings is 1. The number of nitrogens with zero attached hydrogens (tertiary/aromatic N) is 3. The van der Waals surface area contributed by atoms with Crippen LogP contribution in [0.4, 0.5) is 18.3 Å². The zero-order chi connectivity index (χ0) is 25.6. The molecule has 0 spiro atoms.